The van der Waals surface area contributed by atoms with Gasteiger partial charge in [0.1, 0.15) is 0 Å². The van der Waals surface area contributed by atoms with Gasteiger partial charge in [-0.05, 0) is 13.3 Å². The number of alkyl halides is 1. The first-order valence-corrected chi connectivity index (χ1v) is 4.21. The van der Waals surface area contributed by atoms with Crippen LogP contribution in [-0.4, -0.2) is 11.2 Å². The molecule has 0 spiro atoms. The van der Waals surface area contributed by atoms with Gasteiger partial charge >= 0.3 is 0 Å². The van der Waals surface area contributed by atoms with Crippen molar-refractivity contribution < 1.29 is 4.79 Å². The number of rotatable bonds is 4. The Morgan fingerprint density at radius 1 is 1.50 bits per heavy atom. The second-order valence-corrected chi connectivity index (χ2v) is 3.36. The van der Waals surface area contributed by atoms with Gasteiger partial charge in [0.25, 0.3) is 0 Å². The van der Waals surface area contributed by atoms with Crippen LogP contribution in [0.25, 0.3) is 0 Å². The third-order valence-electron chi connectivity index (χ3n) is 1.60. The highest BCUT2D eigenvalue weighted by Crippen LogP contribution is 2.11. The van der Waals surface area contributed by atoms with Crippen LogP contribution < -0.4 is 0 Å². The van der Waals surface area contributed by atoms with Crippen molar-refractivity contribution in [1.82, 2.24) is 0 Å². The zero-order valence-electron chi connectivity index (χ0n) is 6.86. The fourth-order valence-electron chi connectivity index (χ4n) is 0.967. The highest BCUT2D eigenvalue weighted by atomic mass is 35.5. The number of carbonyl (C=O) groups is 1. The average molecular weight is 163 g/mol. The van der Waals surface area contributed by atoms with E-state index in [1.54, 1.807) is 6.92 Å². The van der Waals surface area contributed by atoms with E-state index in [9.17, 15) is 4.79 Å². The number of ketones is 1. The van der Waals surface area contributed by atoms with Gasteiger partial charge in [0.05, 0.1) is 5.38 Å². The highest BCUT2D eigenvalue weighted by Gasteiger charge is 2.16. The van der Waals surface area contributed by atoms with Crippen molar-refractivity contribution in [2.24, 2.45) is 5.92 Å². The van der Waals surface area contributed by atoms with Crippen molar-refractivity contribution in [3.63, 3.8) is 0 Å². The molecular weight excluding hydrogens is 148 g/mol. The quantitative estimate of drug-likeness (QED) is 0.581. The van der Waals surface area contributed by atoms with Crippen LogP contribution in [0.1, 0.15) is 33.6 Å². The molecule has 2 atom stereocenters. The van der Waals surface area contributed by atoms with Gasteiger partial charge in [-0.2, -0.15) is 0 Å². The Labute approximate surface area is 67.8 Å². The molecule has 0 aromatic carbocycles. The molecule has 0 rings (SSSR count). The average Bonchev–Trinajstić information content (AvgIpc) is 1.87. The Morgan fingerprint density at radius 3 is 2.30 bits per heavy atom. The Morgan fingerprint density at radius 2 is 2.00 bits per heavy atom. The van der Waals surface area contributed by atoms with Gasteiger partial charge in [0.15, 0.2) is 5.78 Å². The molecule has 0 aromatic heterocycles. The zero-order chi connectivity index (χ0) is 8.15. The van der Waals surface area contributed by atoms with Gasteiger partial charge < -0.3 is 0 Å². The minimum atomic E-state index is -0.318. The van der Waals surface area contributed by atoms with E-state index >= 15 is 0 Å². The molecule has 0 aliphatic carbocycles. The van der Waals surface area contributed by atoms with Crippen LogP contribution in [-0.2, 0) is 4.79 Å². The minimum absolute atomic E-state index is 0.137. The van der Waals surface area contributed by atoms with Crippen LogP contribution in [0, 0.1) is 5.92 Å². The number of hydrogen-bond acceptors (Lipinski definition) is 1. The standard InChI is InChI=1S/C8H15ClO/c1-4-5-6(2)8(10)7(3)9/h6-7H,4-5H2,1-3H3. The van der Waals surface area contributed by atoms with E-state index in [4.69, 9.17) is 11.6 Å². The number of halogens is 1. The van der Waals surface area contributed by atoms with E-state index in [1.807, 2.05) is 6.92 Å². The summed E-state index contributed by atoms with van der Waals surface area (Å²) >= 11 is 5.61. The van der Waals surface area contributed by atoms with E-state index < -0.39 is 0 Å². The van der Waals surface area contributed by atoms with Crippen molar-refractivity contribution >= 4 is 17.4 Å². The first-order chi connectivity index (χ1) is 4.59. The lowest BCUT2D eigenvalue weighted by Crippen LogP contribution is -2.18. The van der Waals surface area contributed by atoms with E-state index in [0.717, 1.165) is 12.8 Å². The monoisotopic (exact) mass is 162 g/mol. The van der Waals surface area contributed by atoms with Gasteiger partial charge in [-0.15, -0.1) is 11.6 Å². The lowest BCUT2D eigenvalue weighted by molar-refractivity contribution is -0.121. The fraction of sp³-hybridized carbons (Fsp3) is 0.875. The molecule has 0 saturated heterocycles. The second kappa shape index (κ2) is 4.73. The Balaban J connectivity index is 3.71. The maximum atomic E-state index is 11.1. The van der Waals surface area contributed by atoms with Gasteiger partial charge in [-0.1, -0.05) is 20.3 Å². The summed E-state index contributed by atoms with van der Waals surface area (Å²) < 4.78 is 0. The first-order valence-electron chi connectivity index (χ1n) is 3.77. The molecule has 1 nitrogen and oxygen atoms in total. The lowest BCUT2D eigenvalue weighted by Gasteiger charge is -2.09. The summed E-state index contributed by atoms with van der Waals surface area (Å²) in [6, 6.07) is 0. The minimum Gasteiger partial charge on any atom is -0.298 e. The summed E-state index contributed by atoms with van der Waals surface area (Å²) in [5, 5.41) is -0.318. The number of Topliss-reactive ketones (excluding diaryl/α,β-unsaturated/α-hetero) is 1. The van der Waals surface area contributed by atoms with Crippen molar-refractivity contribution in [3.05, 3.63) is 0 Å². The molecule has 0 aliphatic rings. The molecule has 60 valence electrons. The summed E-state index contributed by atoms with van der Waals surface area (Å²) in [7, 11) is 0. The molecule has 2 unspecified atom stereocenters. The molecule has 0 fully saturated rings. The van der Waals surface area contributed by atoms with Crippen molar-refractivity contribution in [2.45, 2.75) is 39.0 Å². The van der Waals surface area contributed by atoms with E-state index in [0.29, 0.717) is 0 Å². The largest absolute Gasteiger partial charge is 0.298 e. The Bertz CT molecular complexity index is 110. The van der Waals surface area contributed by atoms with Crippen LogP contribution in [0.4, 0.5) is 0 Å². The predicted molar refractivity (Wildman–Crippen MR) is 44.4 cm³/mol. The Hall–Kier alpha value is -0.0400. The summed E-state index contributed by atoms with van der Waals surface area (Å²) in [6.07, 6.45) is 2.01. The van der Waals surface area contributed by atoms with Gasteiger partial charge in [-0.25, -0.2) is 0 Å². The van der Waals surface area contributed by atoms with Crippen LogP contribution in [0.3, 0.4) is 0 Å². The summed E-state index contributed by atoms with van der Waals surface area (Å²) in [5.41, 5.74) is 0. The summed E-state index contributed by atoms with van der Waals surface area (Å²) in [5.74, 6) is 0.306. The molecule has 10 heavy (non-hydrogen) atoms. The predicted octanol–water partition coefficient (Wildman–Crippen LogP) is 2.62. The van der Waals surface area contributed by atoms with Crippen molar-refractivity contribution in [2.75, 3.05) is 0 Å². The van der Waals surface area contributed by atoms with Gasteiger partial charge in [0.2, 0.25) is 0 Å². The molecule has 0 saturated carbocycles. The van der Waals surface area contributed by atoms with Crippen LogP contribution >= 0.6 is 11.6 Å². The molecule has 2 heteroatoms. The number of hydrogen-bond donors (Lipinski definition) is 0. The molecule has 0 aliphatic heterocycles. The van der Waals surface area contributed by atoms with Crippen LogP contribution in [0.5, 0.6) is 0 Å². The van der Waals surface area contributed by atoms with E-state index in [2.05, 4.69) is 6.92 Å². The topological polar surface area (TPSA) is 17.1 Å². The maximum absolute atomic E-state index is 11.1. The SMILES string of the molecule is CCCC(C)C(=O)C(C)Cl. The zero-order valence-corrected chi connectivity index (χ0v) is 7.61. The van der Waals surface area contributed by atoms with Crippen molar-refractivity contribution in [3.8, 4) is 0 Å². The third kappa shape index (κ3) is 3.21. The summed E-state index contributed by atoms with van der Waals surface area (Å²) in [6.45, 7) is 5.74. The summed E-state index contributed by atoms with van der Waals surface area (Å²) in [4.78, 5) is 11.1. The Kier molecular flexibility index (Phi) is 4.71. The first kappa shape index (κ1) is 9.96. The molecule has 0 heterocycles. The number of carbonyl (C=O) groups excluding carboxylic acids is 1. The molecule has 0 amide bonds. The molecule has 0 N–H and O–H groups in total. The van der Waals surface area contributed by atoms with Gasteiger partial charge in [-0.3, -0.25) is 4.79 Å². The van der Waals surface area contributed by atoms with Crippen LogP contribution in [0.15, 0.2) is 0 Å². The van der Waals surface area contributed by atoms with Crippen molar-refractivity contribution in [1.29, 1.82) is 0 Å². The molecular formula is C8H15ClO. The van der Waals surface area contributed by atoms with Crippen LogP contribution in [0.2, 0.25) is 0 Å². The highest BCUT2D eigenvalue weighted by molar-refractivity contribution is 6.31. The van der Waals surface area contributed by atoms with Gasteiger partial charge in [0, 0.05) is 5.92 Å². The van der Waals surface area contributed by atoms with E-state index in [1.165, 1.54) is 0 Å². The second-order valence-electron chi connectivity index (χ2n) is 2.71. The third-order valence-corrected chi connectivity index (χ3v) is 1.81. The molecule has 0 bridgehead atoms. The van der Waals surface area contributed by atoms with E-state index in [-0.39, 0.29) is 17.1 Å². The smallest absolute Gasteiger partial charge is 0.153 e. The molecule has 0 radical (unpaired) electrons. The molecule has 0 aromatic rings. The normalized spacial score (nSPS) is 16.4. The maximum Gasteiger partial charge on any atom is 0.153 e. The lowest BCUT2D eigenvalue weighted by atomic mass is 9.99. The fourth-order valence-corrected chi connectivity index (χ4v) is 1.18.